The third-order valence-corrected chi connectivity index (χ3v) is 7.28. The van der Waals surface area contributed by atoms with Gasteiger partial charge in [-0.25, -0.2) is 4.98 Å². The fourth-order valence-corrected chi connectivity index (χ4v) is 5.37. The maximum absolute atomic E-state index is 13.2. The Kier molecular flexibility index (Phi) is 5.50. The number of piperazine rings is 1. The van der Waals surface area contributed by atoms with Crippen molar-refractivity contribution in [3.8, 4) is 11.5 Å². The van der Waals surface area contributed by atoms with E-state index in [1.165, 1.54) is 6.42 Å². The van der Waals surface area contributed by atoms with Crippen LogP contribution in [0.4, 0.5) is 0 Å². The summed E-state index contributed by atoms with van der Waals surface area (Å²) in [4.78, 5) is 38.4. The van der Waals surface area contributed by atoms with Crippen molar-refractivity contribution in [3.63, 3.8) is 0 Å². The highest BCUT2D eigenvalue weighted by atomic mass is 16.3. The summed E-state index contributed by atoms with van der Waals surface area (Å²) in [6, 6.07) is 9.35. The number of benzene rings is 1. The first kappa shape index (κ1) is 21.2. The van der Waals surface area contributed by atoms with Crippen molar-refractivity contribution in [2.45, 2.75) is 38.0 Å². The SMILES string of the molecule is O=C1NC(N2CCN(C(=O)c3ccc4nc(-c5ccncc5)oc4c3)CC2)NC2CCCCC12. The molecule has 4 heterocycles. The van der Waals surface area contributed by atoms with Gasteiger partial charge in [0, 0.05) is 55.7 Å². The highest BCUT2D eigenvalue weighted by Crippen LogP contribution is 2.28. The van der Waals surface area contributed by atoms with Crippen molar-refractivity contribution >= 4 is 22.9 Å². The van der Waals surface area contributed by atoms with E-state index in [0.29, 0.717) is 48.7 Å². The Labute approximate surface area is 197 Å². The quantitative estimate of drug-likeness (QED) is 0.618. The van der Waals surface area contributed by atoms with Crippen molar-refractivity contribution in [1.29, 1.82) is 0 Å². The van der Waals surface area contributed by atoms with Crippen LogP contribution in [0.1, 0.15) is 36.0 Å². The number of fused-ring (bicyclic) bond motifs is 2. The van der Waals surface area contributed by atoms with Crippen molar-refractivity contribution in [3.05, 3.63) is 48.3 Å². The van der Waals surface area contributed by atoms with E-state index < -0.39 is 0 Å². The number of rotatable bonds is 3. The Morgan fingerprint density at radius 2 is 1.82 bits per heavy atom. The molecule has 6 rings (SSSR count). The number of aromatic nitrogens is 2. The lowest BCUT2D eigenvalue weighted by Crippen LogP contribution is -2.69. The smallest absolute Gasteiger partial charge is 0.254 e. The van der Waals surface area contributed by atoms with E-state index in [-0.39, 0.29) is 30.1 Å². The van der Waals surface area contributed by atoms with Crippen LogP contribution in [0.5, 0.6) is 0 Å². The van der Waals surface area contributed by atoms with Crippen LogP contribution < -0.4 is 10.6 Å². The van der Waals surface area contributed by atoms with E-state index in [1.54, 1.807) is 18.5 Å². The van der Waals surface area contributed by atoms with Gasteiger partial charge in [0.2, 0.25) is 11.8 Å². The molecule has 1 aromatic carbocycles. The monoisotopic (exact) mass is 460 g/mol. The summed E-state index contributed by atoms with van der Waals surface area (Å²) in [7, 11) is 0. The number of hydrogen-bond acceptors (Lipinski definition) is 7. The number of carbonyl (C=O) groups excluding carboxylic acids is 2. The third-order valence-electron chi connectivity index (χ3n) is 7.28. The molecular formula is C25H28N6O3. The van der Waals surface area contributed by atoms with Gasteiger partial charge in [0.25, 0.3) is 5.91 Å². The lowest BCUT2D eigenvalue weighted by Gasteiger charge is -2.46. The van der Waals surface area contributed by atoms with Gasteiger partial charge in [0.05, 0.1) is 5.92 Å². The van der Waals surface area contributed by atoms with Gasteiger partial charge in [0.15, 0.2) is 5.58 Å². The molecule has 3 aromatic rings. The normalized spacial score (nSPS) is 25.7. The summed E-state index contributed by atoms with van der Waals surface area (Å²) in [6.07, 6.45) is 7.57. The lowest BCUT2D eigenvalue weighted by molar-refractivity contribution is -0.134. The van der Waals surface area contributed by atoms with Crippen LogP contribution in [0.2, 0.25) is 0 Å². The molecule has 2 amide bonds. The number of nitrogens with one attached hydrogen (secondary N) is 2. The predicted octanol–water partition coefficient (Wildman–Crippen LogP) is 2.21. The molecule has 2 aliphatic heterocycles. The minimum absolute atomic E-state index is 0.0172. The van der Waals surface area contributed by atoms with Gasteiger partial charge in [-0.3, -0.25) is 24.8 Å². The maximum Gasteiger partial charge on any atom is 0.254 e. The Morgan fingerprint density at radius 3 is 2.65 bits per heavy atom. The zero-order chi connectivity index (χ0) is 23.1. The Balaban J connectivity index is 1.11. The lowest BCUT2D eigenvalue weighted by atomic mass is 9.82. The average molecular weight is 461 g/mol. The molecule has 2 saturated heterocycles. The fraction of sp³-hybridized carbons (Fsp3) is 0.440. The van der Waals surface area contributed by atoms with Gasteiger partial charge < -0.3 is 14.6 Å². The molecule has 34 heavy (non-hydrogen) atoms. The van der Waals surface area contributed by atoms with E-state index in [4.69, 9.17) is 4.42 Å². The summed E-state index contributed by atoms with van der Waals surface area (Å²) in [5, 5.41) is 6.78. The fourth-order valence-electron chi connectivity index (χ4n) is 5.37. The predicted molar refractivity (Wildman–Crippen MR) is 126 cm³/mol. The van der Waals surface area contributed by atoms with Gasteiger partial charge in [-0.05, 0) is 43.2 Å². The van der Waals surface area contributed by atoms with Gasteiger partial charge in [-0.2, -0.15) is 0 Å². The van der Waals surface area contributed by atoms with E-state index in [0.717, 1.165) is 24.8 Å². The van der Waals surface area contributed by atoms with Crippen LogP contribution in [-0.2, 0) is 4.79 Å². The summed E-state index contributed by atoms with van der Waals surface area (Å²) >= 11 is 0. The van der Waals surface area contributed by atoms with Gasteiger partial charge in [-0.15, -0.1) is 0 Å². The third kappa shape index (κ3) is 3.95. The first-order valence-electron chi connectivity index (χ1n) is 12.1. The number of pyridine rings is 1. The Morgan fingerprint density at radius 1 is 1.03 bits per heavy atom. The van der Waals surface area contributed by atoms with E-state index in [2.05, 4.69) is 25.5 Å². The molecule has 9 nitrogen and oxygen atoms in total. The van der Waals surface area contributed by atoms with E-state index in [1.807, 2.05) is 29.2 Å². The Bertz CT molecular complexity index is 1200. The summed E-state index contributed by atoms with van der Waals surface area (Å²) in [6.45, 7) is 2.63. The van der Waals surface area contributed by atoms with Crippen LogP contribution in [0, 0.1) is 5.92 Å². The van der Waals surface area contributed by atoms with Crippen LogP contribution in [0.25, 0.3) is 22.6 Å². The van der Waals surface area contributed by atoms with Crippen molar-refractivity contribution < 1.29 is 14.0 Å². The molecule has 0 bridgehead atoms. The second-order valence-electron chi connectivity index (χ2n) is 9.34. The highest BCUT2D eigenvalue weighted by Gasteiger charge is 2.40. The largest absolute Gasteiger partial charge is 0.436 e. The van der Waals surface area contributed by atoms with Crippen LogP contribution >= 0.6 is 0 Å². The zero-order valence-electron chi connectivity index (χ0n) is 18.9. The highest BCUT2D eigenvalue weighted by molar-refractivity contribution is 5.97. The van der Waals surface area contributed by atoms with Crippen LogP contribution in [0.3, 0.4) is 0 Å². The first-order chi connectivity index (χ1) is 16.7. The average Bonchev–Trinajstić information content (AvgIpc) is 3.32. The minimum atomic E-state index is -0.152. The number of carbonyl (C=O) groups is 2. The van der Waals surface area contributed by atoms with Crippen LogP contribution in [0.15, 0.2) is 47.1 Å². The number of oxazole rings is 1. The molecule has 0 radical (unpaired) electrons. The summed E-state index contributed by atoms with van der Waals surface area (Å²) in [5.74, 6) is 0.755. The van der Waals surface area contributed by atoms with E-state index in [9.17, 15) is 9.59 Å². The Hall–Kier alpha value is -3.30. The van der Waals surface area contributed by atoms with Crippen molar-refractivity contribution in [1.82, 2.24) is 30.4 Å². The molecule has 2 N–H and O–H groups in total. The number of nitrogens with zero attached hydrogens (tertiary/aromatic N) is 4. The topological polar surface area (TPSA) is 104 Å². The first-order valence-corrected chi connectivity index (χ1v) is 12.1. The molecule has 1 saturated carbocycles. The number of amides is 2. The van der Waals surface area contributed by atoms with Crippen molar-refractivity contribution in [2.24, 2.45) is 5.92 Å². The number of hydrogen-bond donors (Lipinski definition) is 2. The van der Waals surface area contributed by atoms with E-state index >= 15 is 0 Å². The summed E-state index contributed by atoms with van der Waals surface area (Å²) in [5.41, 5.74) is 2.74. The molecule has 3 aliphatic rings. The molecular weight excluding hydrogens is 432 g/mol. The van der Waals surface area contributed by atoms with Gasteiger partial charge in [-0.1, -0.05) is 12.8 Å². The minimum Gasteiger partial charge on any atom is -0.436 e. The zero-order valence-corrected chi connectivity index (χ0v) is 18.9. The molecule has 3 unspecified atom stereocenters. The molecule has 1 aliphatic carbocycles. The van der Waals surface area contributed by atoms with Crippen molar-refractivity contribution in [2.75, 3.05) is 26.2 Å². The standard InChI is InChI=1S/C25H28N6O3/c32-22-18-3-1-2-4-19(18)28-25(29-22)31-13-11-30(12-14-31)24(33)17-5-6-20-21(15-17)34-23(27-20)16-7-9-26-10-8-16/h5-10,15,18-19,25,28H,1-4,11-14H2,(H,29,32). The second-order valence-corrected chi connectivity index (χ2v) is 9.34. The maximum atomic E-state index is 13.2. The van der Waals surface area contributed by atoms with Gasteiger partial charge in [0.1, 0.15) is 11.8 Å². The molecule has 2 aromatic heterocycles. The second kappa shape index (κ2) is 8.81. The van der Waals surface area contributed by atoms with Gasteiger partial charge >= 0.3 is 0 Å². The van der Waals surface area contributed by atoms with Crippen LogP contribution in [-0.4, -0.2) is 70.1 Å². The molecule has 9 heteroatoms. The molecule has 176 valence electrons. The molecule has 3 atom stereocenters. The molecule has 3 fully saturated rings. The summed E-state index contributed by atoms with van der Waals surface area (Å²) < 4.78 is 5.92. The molecule has 0 spiro atoms.